The van der Waals surface area contributed by atoms with Gasteiger partial charge in [0.15, 0.2) is 0 Å². The summed E-state index contributed by atoms with van der Waals surface area (Å²) < 4.78 is 1.88. The molecule has 1 heterocycles. The lowest BCUT2D eigenvalue weighted by atomic mass is 9.94. The molecule has 1 rings (SSSR count). The highest BCUT2D eigenvalue weighted by molar-refractivity contribution is 6.31. The third-order valence-corrected chi connectivity index (χ3v) is 3.28. The smallest absolute Gasteiger partial charge is 0.0848 e. The minimum absolute atomic E-state index is 0.564. The van der Waals surface area contributed by atoms with Crippen molar-refractivity contribution in [1.82, 2.24) is 9.78 Å². The Hall–Kier alpha value is -0.540. The van der Waals surface area contributed by atoms with E-state index in [1.165, 1.54) is 0 Å². The van der Waals surface area contributed by atoms with E-state index < -0.39 is 5.60 Å². The van der Waals surface area contributed by atoms with Crippen molar-refractivity contribution in [2.45, 2.75) is 59.1 Å². The van der Waals surface area contributed by atoms with Crippen LogP contribution in [0.5, 0.6) is 0 Å². The first kappa shape index (κ1) is 13.5. The van der Waals surface area contributed by atoms with Crippen molar-refractivity contribution in [1.29, 1.82) is 0 Å². The highest BCUT2D eigenvalue weighted by atomic mass is 35.5. The molecule has 4 heteroatoms. The second kappa shape index (κ2) is 5.19. The Labute approximate surface area is 102 Å². The molecule has 0 aliphatic heterocycles. The Bertz CT molecular complexity index is 358. The van der Waals surface area contributed by atoms with Crippen molar-refractivity contribution >= 4 is 11.6 Å². The molecule has 0 amide bonds. The molecule has 1 aromatic heterocycles. The van der Waals surface area contributed by atoms with Crippen LogP contribution in [0.3, 0.4) is 0 Å². The van der Waals surface area contributed by atoms with Gasteiger partial charge in [0, 0.05) is 13.0 Å². The van der Waals surface area contributed by atoms with Crippen LogP contribution in [0.1, 0.15) is 45.0 Å². The van der Waals surface area contributed by atoms with Crippen LogP contribution in [-0.2, 0) is 13.0 Å². The van der Waals surface area contributed by atoms with Gasteiger partial charge < -0.3 is 5.11 Å². The molecule has 92 valence electrons. The van der Waals surface area contributed by atoms with E-state index in [-0.39, 0.29) is 0 Å². The first-order chi connectivity index (χ1) is 7.41. The number of hydrogen-bond donors (Lipinski definition) is 1. The molecule has 1 atom stereocenters. The average molecular weight is 245 g/mol. The second-order valence-electron chi connectivity index (χ2n) is 4.59. The maximum absolute atomic E-state index is 10.2. The number of hydrogen-bond acceptors (Lipinski definition) is 2. The number of aryl methyl sites for hydroxylation is 2. The van der Waals surface area contributed by atoms with Gasteiger partial charge in [0.25, 0.3) is 0 Å². The summed E-state index contributed by atoms with van der Waals surface area (Å²) in [5, 5.41) is 15.3. The fourth-order valence-corrected chi connectivity index (χ4v) is 2.23. The summed E-state index contributed by atoms with van der Waals surface area (Å²) in [4.78, 5) is 0. The Morgan fingerprint density at radius 3 is 2.56 bits per heavy atom. The Morgan fingerprint density at radius 1 is 1.44 bits per heavy atom. The van der Waals surface area contributed by atoms with Crippen LogP contribution in [0.2, 0.25) is 5.02 Å². The molecule has 0 bridgehead atoms. The van der Waals surface area contributed by atoms with Crippen LogP contribution >= 0.6 is 11.6 Å². The number of aromatic nitrogens is 2. The topological polar surface area (TPSA) is 38.1 Å². The Morgan fingerprint density at radius 2 is 2.06 bits per heavy atom. The molecule has 3 nitrogen and oxygen atoms in total. The number of aliphatic hydroxyl groups is 1. The van der Waals surface area contributed by atoms with Gasteiger partial charge in [0.1, 0.15) is 0 Å². The van der Waals surface area contributed by atoms with E-state index in [1.807, 2.05) is 25.5 Å². The van der Waals surface area contributed by atoms with Crippen molar-refractivity contribution in [3.63, 3.8) is 0 Å². The molecule has 1 N–H and O–H groups in total. The molecule has 1 unspecified atom stereocenters. The third-order valence-electron chi connectivity index (χ3n) is 2.79. The van der Waals surface area contributed by atoms with E-state index in [0.29, 0.717) is 11.4 Å². The molecule has 0 aliphatic rings. The molecule has 0 spiro atoms. The van der Waals surface area contributed by atoms with Crippen molar-refractivity contribution in [2.24, 2.45) is 0 Å². The van der Waals surface area contributed by atoms with Crippen LogP contribution in [-0.4, -0.2) is 20.5 Å². The molecule has 0 saturated heterocycles. The fourth-order valence-electron chi connectivity index (χ4n) is 2.03. The van der Waals surface area contributed by atoms with Gasteiger partial charge in [-0.2, -0.15) is 5.10 Å². The number of rotatable bonds is 5. The SMILES string of the molecule is CCCC(C)(O)Cc1c(Cl)c(C)nn1CC. The summed E-state index contributed by atoms with van der Waals surface area (Å²) in [6.07, 6.45) is 2.30. The lowest BCUT2D eigenvalue weighted by Gasteiger charge is -2.23. The zero-order valence-corrected chi connectivity index (χ0v) is 11.3. The highest BCUT2D eigenvalue weighted by Crippen LogP contribution is 2.26. The normalized spacial score (nSPS) is 15.1. The summed E-state index contributed by atoms with van der Waals surface area (Å²) in [5.41, 5.74) is 1.09. The van der Waals surface area contributed by atoms with Crippen LogP contribution in [0, 0.1) is 6.92 Å². The average Bonchev–Trinajstić information content (AvgIpc) is 2.45. The number of halogens is 1. The van der Waals surface area contributed by atoms with E-state index in [4.69, 9.17) is 11.6 Å². The van der Waals surface area contributed by atoms with E-state index in [9.17, 15) is 5.11 Å². The predicted octanol–water partition coefficient (Wildman–Crippen LogP) is 2.96. The quantitative estimate of drug-likeness (QED) is 0.865. The third kappa shape index (κ3) is 2.98. The van der Waals surface area contributed by atoms with E-state index in [1.54, 1.807) is 0 Å². The molecular formula is C12H21ClN2O. The first-order valence-electron chi connectivity index (χ1n) is 5.85. The zero-order chi connectivity index (χ0) is 12.3. The van der Waals surface area contributed by atoms with Crippen molar-refractivity contribution in [3.8, 4) is 0 Å². The summed E-state index contributed by atoms with van der Waals surface area (Å²) >= 11 is 6.20. The molecule has 0 aliphatic carbocycles. The van der Waals surface area contributed by atoms with Gasteiger partial charge in [0.05, 0.1) is 22.0 Å². The van der Waals surface area contributed by atoms with Gasteiger partial charge in [0.2, 0.25) is 0 Å². The van der Waals surface area contributed by atoms with Crippen molar-refractivity contribution in [3.05, 3.63) is 16.4 Å². The molecule has 0 aromatic carbocycles. The summed E-state index contributed by atoms with van der Waals surface area (Å²) in [7, 11) is 0. The standard InChI is InChI=1S/C12H21ClN2O/c1-5-7-12(4,16)8-10-11(13)9(3)14-15(10)6-2/h16H,5-8H2,1-4H3. The Kier molecular flexibility index (Phi) is 4.39. The van der Waals surface area contributed by atoms with Gasteiger partial charge >= 0.3 is 0 Å². The van der Waals surface area contributed by atoms with Gasteiger partial charge in [-0.25, -0.2) is 0 Å². The van der Waals surface area contributed by atoms with Gasteiger partial charge in [-0.1, -0.05) is 24.9 Å². The molecule has 0 radical (unpaired) electrons. The molecule has 1 aromatic rings. The van der Waals surface area contributed by atoms with E-state index in [0.717, 1.165) is 30.8 Å². The van der Waals surface area contributed by atoms with E-state index in [2.05, 4.69) is 12.0 Å². The maximum Gasteiger partial charge on any atom is 0.0848 e. The highest BCUT2D eigenvalue weighted by Gasteiger charge is 2.24. The minimum atomic E-state index is -0.697. The van der Waals surface area contributed by atoms with E-state index >= 15 is 0 Å². The van der Waals surface area contributed by atoms with Crippen LogP contribution in [0.15, 0.2) is 0 Å². The lowest BCUT2D eigenvalue weighted by Crippen LogP contribution is -2.28. The predicted molar refractivity (Wildman–Crippen MR) is 66.9 cm³/mol. The summed E-state index contributed by atoms with van der Waals surface area (Å²) in [5.74, 6) is 0. The van der Waals surface area contributed by atoms with Crippen LogP contribution in [0.4, 0.5) is 0 Å². The van der Waals surface area contributed by atoms with Crippen LogP contribution in [0.25, 0.3) is 0 Å². The van der Waals surface area contributed by atoms with Gasteiger partial charge in [-0.05, 0) is 27.2 Å². The first-order valence-corrected chi connectivity index (χ1v) is 6.23. The second-order valence-corrected chi connectivity index (χ2v) is 4.96. The van der Waals surface area contributed by atoms with Crippen LogP contribution < -0.4 is 0 Å². The Balaban J connectivity index is 2.95. The minimum Gasteiger partial charge on any atom is -0.390 e. The zero-order valence-electron chi connectivity index (χ0n) is 10.5. The number of nitrogens with zero attached hydrogens (tertiary/aromatic N) is 2. The van der Waals surface area contributed by atoms with Crippen molar-refractivity contribution < 1.29 is 5.11 Å². The fraction of sp³-hybridized carbons (Fsp3) is 0.750. The molecular weight excluding hydrogens is 224 g/mol. The van der Waals surface area contributed by atoms with Crippen molar-refractivity contribution in [2.75, 3.05) is 0 Å². The largest absolute Gasteiger partial charge is 0.390 e. The lowest BCUT2D eigenvalue weighted by molar-refractivity contribution is 0.0485. The van der Waals surface area contributed by atoms with Gasteiger partial charge in [-0.3, -0.25) is 4.68 Å². The van der Waals surface area contributed by atoms with Gasteiger partial charge in [-0.15, -0.1) is 0 Å². The molecule has 0 fully saturated rings. The molecule has 0 saturated carbocycles. The molecule has 16 heavy (non-hydrogen) atoms. The maximum atomic E-state index is 10.2. The monoisotopic (exact) mass is 244 g/mol. The summed E-state index contributed by atoms with van der Waals surface area (Å²) in [6.45, 7) is 8.63. The summed E-state index contributed by atoms with van der Waals surface area (Å²) in [6, 6.07) is 0.